The van der Waals surface area contributed by atoms with Gasteiger partial charge in [0.2, 0.25) is 5.91 Å². The lowest BCUT2D eigenvalue weighted by atomic mass is 9.86. The monoisotopic (exact) mass is 199 g/mol. The fraction of sp³-hybridized carbons (Fsp3) is 0.818. The van der Waals surface area contributed by atoms with Crippen LogP contribution in [-0.2, 0) is 9.59 Å². The molecule has 0 unspecified atom stereocenters. The third kappa shape index (κ3) is 5.00. The number of carbonyl (C=O) groups excluding carboxylic acids is 2. The van der Waals surface area contributed by atoms with Gasteiger partial charge in [-0.3, -0.25) is 4.79 Å². The maximum absolute atomic E-state index is 11.4. The zero-order valence-corrected chi connectivity index (χ0v) is 9.64. The van der Waals surface area contributed by atoms with Crippen molar-refractivity contribution in [1.29, 1.82) is 0 Å². The van der Waals surface area contributed by atoms with Crippen molar-refractivity contribution in [2.75, 3.05) is 7.05 Å². The molecule has 0 aliphatic carbocycles. The van der Waals surface area contributed by atoms with Crippen LogP contribution < -0.4 is 5.32 Å². The molecule has 0 aliphatic rings. The molecule has 0 saturated carbocycles. The van der Waals surface area contributed by atoms with Crippen LogP contribution in [0.2, 0.25) is 0 Å². The Kier molecular flexibility index (Phi) is 5.43. The van der Waals surface area contributed by atoms with Crippen molar-refractivity contribution < 1.29 is 9.59 Å². The SMILES string of the molecule is CNC(=O)C(C)(C)CCCCC(C)=O. The summed E-state index contributed by atoms with van der Waals surface area (Å²) in [7, 11) is 1.65. The summed E-state index contributed by atoms with van der Waals surface area (Å²) in [5.41, 5.74) is -0.314. The van der Waals surface area contributed by atoms with Crippen molar-refractivity contribution in [3.8, 4) is 0 Å². The highest BCUT2D eigenvalue weighted by Gasteiger charge is 2.25. The standard InChI is InChI=1S/C11H21NO2/c1-9(13)7-5-6-8-11(2,3)10(14)12-4/h5-8H2,1-4H3,(H,12,14). The molecule has 1 amide bonds. The van der Waals surface area contributed by atoms with E-state index in [1.54, 1.807) is 14.0 Å². The quantitative estimate of drug-likeness (QED) is 0.664. The lowest BCUT2D eigenvalue weighted by Crippen LogP contribution is -2.34. The summed E-state index contributed by atoms with van der Waals surface area (Å²) in [6, 6.07) is 0. The fourth-order valence-corrected chi connectivity index (χ4v) is 1.39. The Bertz CT molecular complexity index is 209. The summed E-state index contributed by atoms with van der Waals surface area (Å²) in [6.07, 6.45) is 3.28. The van der Waals surface area contributed by atoms with E-state index in [-0.39, 0.29) is 17.1 Å². The molecule has 82 valence electrons. The number of ketones is 1. The lowest BCUT2D eigenvalue weighted by Gasteiger charge is -2.22. The first-order valence-electron chi connectivity index (χ1n) is 5.12. The van der Waals surface area contributed by atoms with Crippen LogP contribution in [0.3, 0.4) is 0 Å². The van der Waals surface area contributed by atoms with Crippen LogP contribution >= 0.6 is 0 Å². The van der Waals surface area contributed by atoms with Gasteiger partial charge in [-0.1, -0.05) is 20.3 Å². The largest absolute Gasteiger partial charge is 0.359 e. The number of amides is 1. The lowest BCUT2D eigenvalue weighted by molar-refractivity contribution is -0.129. The molecule has 0 aromatic carbocycles. The molecule has 0 aromatic heterocycles. The van der Waals surface area contributed by atoms with Crippen molar-refractivity contribution >= 4 is 11.7 Å². The van der Waals surface area contributed by atoms with Gasteiger partial charge < -0.3 is 10.1 Å². The fourth-order valence-electron chi connectivity index (χ4n) is 1.39. The predicted octanol–water partition coefficient (Wildman–Crippen LogP) is 1.91. The molecule has 0 aromatic rings. The van der Waals surface area contributed by atoms with Crippen LogP contribution in [0.4, 0.5) is 0 Å². The minimum atomic E-state index is -0.314. The summed E-state index contributed by atoms with van der Waals surface area (Å²) in [6.45, 7) is 5.46. The highest BCUT2D eigenvalue weighted by Crippen LogP contribution is 2.23. The number of hydrogen-bond acceptors (Lipinski definition) is 2. The molecular formula is C11H21NO2. The van der Waals surface area contributed by atoms with Gasteiger partial charge in [-0.05, 0) is 19.8 Å². The van der Waals surface area contributed by atoms with Crippen LogP contribution in [-0.4, -0.2) is 18.7 Å². The minimum absolute atomic E-state index is 0.0697. The van der Waals surface area contributed by atoms with Crippen molar-refractivity contribution in [3.63, 3.8) is 0 Å². The first-order valence-corrected chi connectivity index (χ1v) is 5.12. The van der Waals surface area contributed by atoms with E-state index in [1.165, 1.54) is 0 Å². The van der Waals surface area contributed by atoms with Gasteiger partial charge in [0.15, 0.2) is 0 Å². The van der Waals surface area contributed by atoms with Gasteiger partial charge in [0.05, 0.1) is 0 Å². The van der Waals surface area contributed by atoms with E-state index in [2.05, 4.69) is 5.32 Å². The van der Waals surface area contributed by atoms with E-state index in [0.717, 1.165) is 19.3 Å². The van der Waals surface area contributed by atoms with Gasteiger partial charge in [-0.25, -0.2) is 0 Å². The molecule has 0 heterocycles. The molecule has 3 nitrogen and oxygen atoms in total. The van der Waals surface area contributed by atoms with Gasteiger partial charge >= 0.3 is 0 Å². The molecule has 0 spiro atoms. The second kappa shape index (κ2) is 5.78. The maximum atomic E-state index is 11.4. The Labute approximate surface area is 86.3 Å². The van der Waals surface area contributed by atoms with Crippen LogP contribution in [0.1, 0.15) is 46.5 Å². The number of unbranched alkanes of at least 4 members (excludes halogenated alkanes) is 1. The Morgan fingerprint density at radius 1 is 1.21 bits per heavy atom. The molecule has 0 bridgehead atoms. The van der Waals surface area contributed by atoms with E-state index in [4.69, 9.17) is 0 Å². The molecule has 0 atom stereocenters. The Morgan fingerprint density at radius 3 is 2.21 bits per heavy atom. The molecule has 0 saturated heterocycles. The van der Waals surface area contributed by atoms with Gasteiger partial charge in [0.25, 0.3) is 0 Å². The molecule has 14 heavy (non-hydrogen) atoms. The van der Waals surface area contributed by atoms with Crippen molar-refractivity contribution in [1.82, 2.24) is 5.32 Å². The van der Waals surface area contributed by atoms with Gasteiger partial charge in [0.1, 0.15) is 5.78 Å². The van der Waals surface area contributed by atoms with E-state index >= 15 is 0 Å². The van der Waals surface area contributed by atoms with Crippen LogP contribution in [0.25, 0.3) is 0 Å². The average molecular weight is 199 g/mol. The van der Waals surface area contributed by atoms with E-state index < -0.39 is 0 Å². The van der Waals surface area contributed by atoms with Crippen LogP contribution in [0.15, 0.2) is 0 Å². The van der Waals surface area contributed by atoms with Crippen LogP contribution in [0.5, 0.6) is 0 Å². The molecule has 3 heteroatoms. The summed E-state index contributed by atoms with van der Waals surface area (Å²) >= 11 is 0. The number of nitrogens with one attached hydrogen (secondary N) is 1. The number of hydrogen-bond donors (Lipinski definition) is 1. The zero-order chi connectivity index (χ0) is 11.2. The van der Waals surface area contributed by atoms with E-state index in [9.17, 15) is 9.59 Å². The van der Waals surface area contributed by atoms with E-state index in [1.807, 2.05) is 13.8 Å². The van der Waals surface area contributed by atoms with Crippen molar-refractivity contribution in [2.24, 2.45) is 5.41 Å². The topological polar surface area (TPSA) is 46.2 Å². The van der Waals surface area contributed by atoms with Crippen molar-refractivity contribution in [3.05, 3.63) is 0 Å². The van der Waals surface area contributed by atoms with Gasteiger partial charge in [-0.2, -0.15) is 0 Å². The second-order valence-corrected chi connectivity index (χ2v) is 4.37. The number of Topliss-reactive ketones (excluding diaryl/α,β-unsaturated/α-hetero) is 1. The minimum Gasteiger partial charge on any atom is -0.359 e. The van der Waals surface area contributed by atoms with Gasteiger partial charge in [0, 0.05) is 18.9 Å². The summed E-state index contributed by atoms with van der Waals surface area (Å²) in [5.74, 6) is 0.295. The third-order valence-corrected chi connectivity index (χ3v) is 2.42. The molecule has 0 fully saturated rings. The smallest absolute Gasteiger partial charge is 0.225 e. The Balaban J connectivity index is 3.76. The normalized spacial score (nSPS) is 11.1. The zero-order valence-electron chi connectivity index (χ0n) is 9.64. The van der Waals surface area contributed by atoms with Crippen molar-refractivity contribution in [2.45, 2.75) is 46.5 Å². The molecule has 1 N–H and O–H groups in total. The molecule has 0 radical (unpaired) electrons. The summed E-state index contributed by atoms with van der Waals surface area (Å²) in [5, 5.41) is 2.65. The highest BCUT2D eigenvalue weighted by atomic mass is 16.2. The third-order valence-electron chi connectivity index (χ3n) is 2.42. The first-order chi connectivity index (χ1) is 6.40. The molecule has 0 aliphatic heterocycles. The Morgan fingerprint density at radius 2 is 1.79 bits per heavy atom. The molecular weight excluding hydrogens is 178 g/mol. The summed E-state index contributed by atoms with van der Waals surface area (Å²) in [4.78, 5) is 22.1. The number of rotatable bonds is 6. The predicted molar refractivity (Wildman–Crippen MR) is 57.0 cm³/mol. The average Bonchev–Trinajstić information content (AvgIpc) is 2.10. The van der Waals surface area contributed by atoms with E-state index in [0.29, 0.717) is 6.42 Å². The second-order valence-electron chi connectivity index (χ2n) is 4.37. The van der Waals surface area contributed by atoms with Crippen LogP contribution in [0, 0.1) is 5.41 Å². The maximum Gasteiger partial charge on any atom is 0.225 e. The van der Waals surface area contributed by atoms with Gasteiger partial charge in [-0.15, -0.1) is 0 Å². The summed E-state index contributed by atoms with van der Waals surface area (Å²) < 4.78 is 0. The number of carbonyl (C=O) groups is 2. The molecule has 0 rings (SSSR count). The Hall–Kier alpha value is -0.860. The first kappa shape index (κ1) is 13.1. The highest BCUT2D eigenvalue weighted by molar-refractivity contribution is 5.81.